The highest BCUT2D eigenvalue weighted by molar-refractivity contribution is 5.90. The Bertz CT molecular complexity index is 607. The number of carboxylic acid groups (broad SMARTS) is 1. The number of anilines is 1. The topological polar surface area (TPSA) is 88.2 Å². The molecule has 2 heterocycles. The Morgan fingerprint density at radius 2 is 2.05 bits per heavy atom. The quantitative estimate of drug-likeness (QED) is 0.879. The molecule has 0 saturated carbocycles. The summed E-state index contributed by atoms with van der Waals surface area (Å²) >= 11 is 0. The zero-order valence-electron chi connectivity index (χ0n) is 11.0. The molecule has 19 heavy (non-hydrogen) atoms. The average Bonchev–Trinajstić information content (AvgIpc) is 2.69. The fourth-order valence-electron chi connectivity index (χ4n) is 1.96. The van der Waals surface area contributed by atoms with Crippen LogP contribution in [0.5, 0.6) is 0 Å². The van der Waals surface area contributed by atoms with Gasteiger partial charge in [0, 0.05) is 18.0 Å². The second kappa shape index (κ2) is 5.09. The van der Waals surface area contributed by atoms with Gasteiger partial charge < -0.3 is 14.8 Å². The molecule has 2 aromatic heterocycles. The maximum Gasteiger partial charge on any atom is 0.358 e. The third-order valence-corrected chi connectivity index (χ3v) is 2.80. The minimum absolute atomic E-state index is 0.0905. The van der Waals surface area contributed by atoms with Crippen LogP contribution in [-0.2, 0) is 0 Å². The van der Waals surface area contributed by atoms with E-state index in [1.54, 1.807) is 0 Å². The third-order valence-electron chi connectivity index (χ3n) is 2.80. The molecular weight excluding hydrogens is 246 g/mol. The van der Waals surface area contributed by atoms with Crippen molar-refractivity contribution in [3.63, 3.8) is 0 Å². The molecule has 0 saturated heterocycles. The van der Waals surface area contributed by atoms with Crippen LogP contribution >= 0.6 is 0 Å². The van der Waals surface area contributed by atoms with Gasteiger partial charge in [-0.2, -0.15) is 0 Å². The number of aryl methyl sites for hydroxylation is 2. The lowest BCUT2D eigenvalue weighted by atomic mass is 10.1. The van der Waals surface area contributed by atoms with E-state index in [2.05, 4.69) is 15.3 Å². The van der Waals surface area contributed by atoms with Crippen LogP contribution in [0.3, 0.4) is 0 Å². The monoisotopic (exact) mass is 261 g/mol. The van der Waals surface area contributed by atoms with Crippen LogP contribution in [0.15, 0.2) is 22.9 Å². The molecular formula is C13H15N3O3. The molecule has 0 amide bonds. The summed E-state index contributed by atoms with van der Waals surface area (Å²) in [7, 11) is 0. The molecule has 0 aromatic carbocycles. The van der Waals surface area contributed by atoms with E-state index >= 15 is 0 Å². The molecule has 0 aliphatic heterocycles. The van der Waals surface area contributed by atoms with Crippen LogP contribution in [0, 0.1) is 13.8 Å². The Morgan fingerprint density at radius 3 is 2.63 bits per heavy atom. The Balaban J connectivity index is 2.26. The molecule has 0 aliphatic carbocycles. The molecule has 1 atom stereocenters. The van der Waals surface area contributed by atoms with E-state index in [0.717, 1.165) is 17.1 Å². The van der Waals surface area contributed by atoms with E-state index in [1.807, 2.05) is 26.8 Å². The molecule has 0 aliphatic rings. The van der Waals surface area contributed by atoms with E-state index in [9.17, 15) is 4.79 Å². The maximum atomic E-state index is 11.0. The van der Waals surface area contributed by atoms with Gasteiger partial charge in [-0.1, -0.05) is 0 Å². The Labute approximate surface area is 110 Å². The summed E-state index contributed by atoms with van der Waals surface area (Å²) in [4.78, 5) is 18.9. The van der Waals surface area contributed by atoms with Gasteiger partial charge in [-0.3, -0.25) is 0 Å². The summed E-state index contributed by atoms with van der Waals surface area (Å²) in [6.07, 6.45) is 2.81. The van der Waals surface area contributed by atoms with Gasteiger partial charge in [0.2, 0.25) is 0 Å². The third kappa shape index (κ3) is 2.73. The van der Waals surface area contributed by atoms with Crippen LogP contribution in [0.1, 0.15) is 40.5 Å². The number of rotatable bonds is 4. The molecule has 0 fully saturated rings. The van der Waals surface area contributed by atoms with Crippen LogP contribution in [0.2, 0.25) is 0 Å². The fraction of sp³-hybridized carbons (Fsp3) is 0.308. The molecule has 6 heteroatoms. The van der Waals surface area contributed by atoms with Crippen molar-refractivity contribution in [1.29, 1.82) is 0 Å². The van der Waals surface area contributed by atoms with Crippen LogP contribution in [0.4, 0.5) is 5.82 Å². The first kappa shape index (κ1) is 13.1. The van der Waals surface area contributed by atoms with Crippen LogP contribution < -0.4 is 5.32 Å². The summed E-state index contributed by atoms with van der Waals surface area (Å²) in [5.41, 5.74) is 0.881. The predicted octanol–water partition coefficient (Wildman–Crippen LogP) is 2.56. The molecule has 0 bridgehead atoms. The minimum atomic E-state index is -1.11. The van der Waals surface area contributed by atoms with Gasteiger partial charge in [0.05, 0.1) is 6.04 Å². The SMILES string of the molecule is Cc1cc(C(C)Nc2nccnc2C(=O)O)c(C)o1. The highest BCUT2D eigenvalue weighted by atomic mass is 16.4. The second-order valence-corrected chi connectivity index (χ2v) is 4.29. The van der Waals surface area contributed by atoms with E-state index < -0.39 is 5.97 Å². The van der Waals surface area contributed by atoms with Gasteiger partial charge in [0.15, 0.2) is 11.5 Å². The van der Waals surface area contributed by atoms with Crippen LogP contribution in [-0.4, -0.2) is 21.0 Å². The number of furan rings is 1. The number of nitrogens with zero attached hydrogens (tertiary/aromatic N) is 2. The van der Waals surface area contributed by atoms with Crippen molar-refractivity contribution in [2.75, 3.05) is 5.32 Å². The first-order chi connectivity index (χ1) is 8.99. The van der Waals surface area contributed by atoms with Crippen molar-refractivity contribution in [1.82, 2.24) is 9.97 Å². The number of hydrogen-bond donors (Lipinski definition) is 2. The number of carbonyl (C=O) groups is 1. The zero-order chi connectivity index (χ0) is 14.0. The Kier molecular flexibility index (Phi) is 3.50. The lowest BCUT2D eigenvalue weighted by molar-refractivity contribution is 0.0691. The Morgan fingerprint density at radius 1 is 1.37 bits per heavy atom. The maximum absolute atomic E-state index is 11.0. The average molecular weight is 261 g/mol. The van der Waals surface area contributed by atoms with Gasteiger partial charge in [0.25, 0.3) is 0 Å². The van der Waals surface area contributed by atoms with Crippen molar-refractivity contribution >= 4 is 11.8 Å². The van der Waals surface area contributed by atoms with Crippen LogP contribution in [0.25, 0.3) is 0 Å². The predicted molar refractivity (Wildman–Crippen MR) is 69.2 cm³/mol. The molecule has 0 radical (unpaired) electrons. The van der Waals surface area contributed by atoms with Crippen molar-refractivity contribution in [2.24, 2.45) is 0 Å². The summed E-state index contributed by atoms with van der Waals surface area (Å²) in [5, 5.41) is 12.1. The lowest BCUT2D eigenvalue weighted by Crippen LogP contribution is -2.13. The first-order valence-electron chi connectivity index (χ1n) is 5.86. The normalized spacial score (nSPS) is 12.2. The molecule has 2 N–H and O–H groups in total. The van der Waals surface area contributed by atoms with E-state index in [1.165, 1.54) is 12.4 Å². The summed E-state index contributed by atoms with van der Waals surface area (Å²) in [5.74, 6) is 0.765. The van der Waals surface area contributed by atoms with E-state index in [0.29, 0.717) is 0 Å². The fourth-order valence-corrected chi connectivity index (χ4v) is 1.96. The van der Waals surface area contributed by atoms with Crippen molar-refractivity contribution in [3.05, 3.63) is 41.2 Å². The lowest BCUT2D eigenvalue weighted by Gasteiger charge is -2.14. The number of nitrogens with one attached hydrogen (secondary N) is 1. The summed E-state index contributed by atoms with van der Waals surface area (Å²) in [6, 6.07) is 1.80. The first-order valence-corrected chi connectivity index (χ1v) is 5.86. The smallest absolute Gasteiger partial charge is 0.358 e. The number of aromatic carboxylic acids is 1. The van der Waals surface area contributed by atoms with Gasteiger partial charge in [-0.05, 0) is 26.8 Å². The van der Waals surface area contributed by atoms with E-state index in [-0.39, 0.29) is 17.6 Å². The minimum Gasteiger partial charge on any atom is -0.476 e. The summed E-state index contributed by atoms with van der Waals surface area (Å²) in [6.45, 7) is 5.65. The van der Waals surface area contributed by atoms with Crippen molar-refractivity contribution in [2.45, 2.75) is 26.8 Å². The largest absolute Gasteiger partial charge is 0.476 e. The highest BCUT2D eigenvalue weighted by Crippen LogP contribution is 2.24. The molecule has 0 spiro atoms. The molecule has 2 aromatic rings. The standard InChI is InChI=1S/C13H15N3O3/c1-7-6-10(9(3)19-7)8(2)16-12-11(13(17)18)14-4-5-15-12/h4-6,8H,1-3H3,(H,15,16)(H,17,18). The molecule has 1 unspecified atom stereocenters. The second-order valence-electron chi connectivity index (χ2n) is 4.29. The molecule has 2 rings (SSSR count). The molecule has 6 nitrogen and oxygen atoms in total. The van der Waals surface area contributed by atoms with Crippen molar-refractivity contribution < 1.29 is 14.3 Å². The Hall–Kier alpha value is -2.37. The van der Waals surface area contributed by atoms with Gasteiger partial charge >= 0.3 is 5.97 Å². The van der Waals surface area contributed by atoms with Gasteiger partial charge in [-0.25, -0.2) is 14.8 Å². The molecule has 100 valence electrons. The number of hydrogen-bond acceptors (Lipinski definition) is 5. The number of aromatic nitrogens is 2. The number of carboxylic acids is 1. The summed E-state index contributed by atoms with van der Waals surface area (Å²) < 4.78 is 5.46. The van der Waals surface area contributed by atoms with Gasteiger partial charge in [0.1, 0.15) is 11.5 Å². The van der Waals surface area contributed by atoms with E-state index in [4.69, 9.17) is 9.52 Å². The van der Waals surface area contributed by atoms with Crippen molar-refractivity contribution in [3.8, 4) is 0 Å². The zero-order valence-corrected chi connectivity index (χ0v) is 11.0. The van der Waals surface area contributed by atoms with Gasteiger partial charge in [-0.15, -0.1) is 0 Å². The highest BCUT2D eigenvalue weighted by Gasteiger charge is 2.17.